The summed E-state index contributed by atoms with van der Waals surface area (Å²) in [6, 6.07) is 8.80. The van der Waals surface area contributed by atoms with Gasteiger partial charge in [-0.2, -0.15) is 35.1 Å². The lowest BCUT2D eigenvalue weighted by Crippen LogP contribution is -2.44. The first kappa shape index (κ1) is 35.6. The molecule has 0 aliphatic rings. The lowest BCUT2D eigenvalue weighted by Gasteiger charge is -2.25. The molecule has 0 saturated carbocycles. The van der Waals surface area contributed by atoms with Gasteiger partial charge in [0.25, 0.3) is 11.8 Å². The fourth-order valence-electron chi connectivity index (χ4n) is 3.59. The van der Waals surface area contributed by atoms with Crippen LogP contribution in [-0.4, -0.2) is 49.0 Å². The number of nitrogens with one attached hydrogen (secondary N) is 2. The van der Waals surface area contributed by atoms with Crippen molar-refractivity contribution in [2.45, 2.75) is 82.9 Å². The highest BCUT2D eigenvalue weighted by Crippen LogP contribution is 2.39. The molecular weight excluding hydrogens is 592 g/mol. The molecule has 0 unspecified atom stereocenters. The van der Waals surface area contributed by atoms with Crippen molar-refractivity contribution in [1.82, 2.24) is 10.6 Å². The third-order valence-corrected chi connectivity index (χ3v) is 6.39. The normalized spacial score (nSPS) is 12.5. The topological polar surface area (TPSA) is 76.7 Å². The van der Waals surface area contributed by atoms with E-state index in [-0.39, 0.29) is 11.1 Å². The summed E-state index contributed by atoms with van der Waals surface area (Å²) in [7, 11) is 0. The summed E-state index contributed by atoms with van der Waals surface area (Å²) in [4.78, 5) is 24.4. The largest absolute Gasteiger partial charge is 0.464 e. The van der Waals surface area contributed by atoms with E-state index in [0.717, 1.165) is 57.4 Å². The number of alkyl halides is 8. The van der Waals surface area contributed by atoms with Gasteiger partial charge in [-0.15, -0.1) is 0 Å². The Bertz CT molecular complexity index is 1080. The Balaban J connectivity index is 1.61. The molecule has 2 N–H and O–H groups in total. The minimum Gasteiger partial charge on any atom is -0.428 e. The van der Waals surface area contributed by atoms with Crippen LogP contribution in [0.5, 0.6) is 11.5 Å². The number of halogens is 8. The van der Waals surface area contributed by atoms with Crippen molar-refractivity contribution in [2.75, 3.05) is 13.1 Å². The number of amides is 2. The molecule has 0 fully saturated rings. The van der Waals surface area contributed by atoms with E-state index < -0.39 is 60.2 Å². The Hall–Kier alpha value is -3.58. The van der Waals surface area contributed by atoms with Gasteiger partial charge in [-0.3, -0.25) is 9.59 Å². The van der Waals surface area contributed by atoms with E-state index in [0.29, 0.717) is 25.9 Å². The monoisotopic (exact) mass is 626 g/mol. The van der Waals surface area contributed by atoms with Crippen LogP contribution in [0.4, 0.5) is 35.1 Å². The smallest absolute Gasteiger partial charge is 0.428 e. The van der Waals surface area contributed by atoms with Crippen LogP contribution in [0.25, 0.3) is 0 Å². The molecule has 0 atom stereocenters. The predicted octanol–water partition coefficient (Wildman–Crippen LogP) is 7.83. The van der Waals surface area contributed by atoms with Crippen LogP contribution in [0.1, 0.15) is 79.5 Å². The van der Waals surface area contributed by atoms with Crippen molar-refractivity contribution >= 4 is 11.8 Å². The molecule has 0 saturated heterocycles. The minimum absolute atomic E-state index is 0.145. The van der Waals surface area contributed by atoms with Crippen LogP contribution < -0.4 is 20.1 Å². The summed E-state index contributed by atoms with van der Waals surface area (Å²) in [5.74, 6) is -10.6. The van der Waals surface area contributed by atoms with Gasteiger partial charge in [0.05, 0.1) is 0 Å². The van der Waals surface area contributed by atoms with Gasteiger partial charge in [0, 0.05) is 37.1 Å². The van der Waals surface area contributed by atoms with Gasteiger partial charge in [0.1, 0.15) is 11.5 Å². The van der Waals surface area contributed by atoms with E-state index in [1.807, 2.05) is 0 Å². The second-order valence-corrected chi connectivity index (χ2v) is 9.68. The molecule has 0 aromatic heterocycles. The van der Waals surface area contributed by atoms with Gasteiger partial charge in [-0.25, -0.2) is 0 Å². The molecule has 43 heavy (non-hydrogen) atoms. The molecule has 0 heterocycles. The van der Waals surface area contributed by atoms with Gasteiger partial charge in [0.2, 0.25) is 0 Å². The predicted molar refractivity (Wildman–Crippen MR) is 142 cm³/mol. The Morgan fingerprint density at radius 2 is 0.860 bits per heavy atom. The number of rotatable bonds is 18. The summed E-state index contributed by atoms with van der Waals surface area (Å²) in [5.41, 5.74) is 0.290. The average Bonchev–Trinajstić information content (AvgIpc) is 2.96. The second-order valence-electron chi connectivity index (χ2n) is 9.68. The quantitative estimate of drug-likeness (QED) is 0.131. The van der Waals surface area contributed by atoms with E-state index in [9.17, 15) is 44.7 Å². The molecule has 0 spiro atoms. The van der Waals surface area contributed by atoms with E-state index >= 15 is 0 Å². The maximum atomic E-state index is 13.6. The van der Waals surface area contributed by atoms with Gasteiger partial charge in [-0.05, 0) is 61.4 Å². The molecule has 240 valence electrons. The third-order valence-electron chi connectivity index (χ3n) is 6.39. The summed E-state index contributed by atoms with van der Waals surface area (Å²) in [6.45, 7) is 2.51. The Morgan fingerprint density at radius 3 is 1.16 bits per heavy atom. The van der Waals surface area contributed by atoms with Crippen molar-refractivity contribution < 1.29 is 54.2 Å². The summed E-state index contributed by atoms with van der Waals surface area (Å²) in [6.07, 6.45) is -7.95. The summed E-state index contributed by atoms with van der Waals surface area (Å²) >= 11 is 0. The first-order valence-corrected chi connectivity index (χ1v) is 13.7. The lowest BCUT2D eigenvalue weighted by molar-refractivity contribution is -0.309. The van der Waals surface area contributed by atoms with Gasteiger partial charge < -0.3 is 20.1 Å². The maximum Gasteiger partial charge on any atom is 0.464 e. The summed E-state index contributed by atoms with van der Waals surface area (Å²) < 4.78 is 116. The number of ether oxygens (including phenoxy) is 2. The first-order chi connectivity index (χ1) is 20.0. The van der Waals surface area contributed by atoms with Crippen molar-refractivity contribution in [2.24, 2.45) is 0 Å². The highest BCUT2D eigenvalue weighted by atomic mass is 19.3. The van der Waals surface area contributed by atoms with Gasteiger partial charge in [0.15, 0.2) is 0 Å². The van der Waals surface area contributed by atoms with Crippen LogP contribution >= 0.6 is 0 Å². The molecular formula is C29H34F8N2O4. The zero-order chi connectivity index (χ0) is 32.3. The Morgan fingerprint density at radius 1 is 0.558 bits per heavy atom. The zero-order valence-electron chi connectivity index (χ0n) is 23.6. The molecule has 2 amide bonds. The van der Waals surface area contributed by atoms with Crippen LogP contribution in [0.3, 0.4) is 0 Å². The average molecular weight is 627 g/mol. The number of unbranched alkanes of at least 4 members (excludes halogenated alkanes) is 4. The number of benzene rings is 2. The SMILES string of the molecule is CCC(F)(F)C(F)(F)Oc1ccc(C(=O)NCCCCCCCNC(=O)c2ccc(OC(F)(F)C(F)(F)CC)cc2)cc1. The van der Waals surface area contributed by atoms with Crippen molar-refractivity contribution in [3.05, 3.63) is 59.7 Å². The number of hydrogen-bond donors (Lipinski definition) is 2. The fourth-order valence-corrected chi connectivity index (χ4v) is 3.59. The van der Waals surface area contributed by atoms with Crippen LogP contribution in [0.2, 0.25) is 0 Å². The number of carbonyl (C=O) groups is 2. The molecule has 0 aliphatic carbocycles. The van der Waals surface area contributed by atoms with Gasteiger partial charge in [-0.1, -0.05) is 33.1 Å². The maximum absolute atomic E-state index is 13.6. The minimum atomic E-state index is -4.69. The second kappa shape index (κ2) is 15.2. The molecule has 0 bridgehead atoms. The number of carbonyl (C=O) groups excluding carboxylic acids is 2. The highest BCUT2D eigenvalue weighted by molar-refractivity contribution is 5.94. The van der Waals surface area contributed by atoms with E-state index in [1.165, 1.54) is 24.3 Å². The van der Waals surface area contributed by atoms with Crippen LogP contribution in [-0.2, 0) is 0 Å². The fraction of sp³-hybridized carbons (Fsp3) is 0.517. The number of hydrogen-bond acceptors (Lipinski definition) is 4. The van der Waals surface area contributed by atoms with Crippen molar-refractivity contribution in [3.8, 4) is 11.5 Å². The molecule has 2 rings (SSSR count). The summed E-state index contributed by atoms with van der Waals surface area (Å²) in [5, 5.41) is 5.34. The lowest BCUT2D eigenvalue weighted by atomic mass is 10.1. The molecule has 0 radical (unpaired) electrons. The third kappa shape index (κ3) is 10.3. The van der Waals surface area contributed by atoms with E-state index in [2.05, 4.69) is 20.1 Å². The van der Waals surface area contributed by atoms with Crippen molar-refractivity contribution in [1.29, 1.82) is 0 Å². The van der Waals surface area contributed by atoms with Crippen LogP contribution in [0.15, 0.2) is 48.5 Å². The molecule has 14 heteroatoms. The van der Waals surface area contributed by atoms with E-state index in [4.69, 9.17) is 0 Å². The molecule has 0 aliphatic heterocycles. The van der Waals surface area contributed by atoms with E-state index in [1.54, 1.807) is 0 Å². The molecule has 6 nitrogen and oxygen atoms in total. The van der Waals surface area contributed by atoms with Gasteiger partial charge >= 0.3 is 24.1 Å². The Labute approximate surface area is 244 Å². The highest BCUT2D eigenvalue weighted by Gasteiger charge is 2.58. The Kier molecular flexibility index (Phi) is 12.6. The standard InChI is InChI=1S/C29H34F8N2O4/c1-3-26(30,31)28(34,35)42-22-14-10-20(11-15-22)24(40)38-18-8-6-5-7-9-19-39-25(41)21-12-16-23(17-13-21)43-29(36,37)27(32,33)4-2/h10-17H,3-9,18-19H2,1-2H3,(H,38,40)(H,39,41). The zero-order valence-corrected chi connectivity index (χ0v) is 23.6. The molecule has 2 aromatic carbocycles. The molecule has 2 aromatic rings. The van der Waals surface area contributed by atoms with Crippen LogP contribution in [0, 0.1) is 0 Å². The first-order valence-electron chi connectivity index (χ1n) is 13.7. The van der Waals surface area contributed by atoms with Crippen molar-refractivity contribution in [3.63, 3.8) is 0 Å².